The number of benzene rings is 2. The molecule has 2 aromatic carbocycles. The molecule has 5 heteroatoms. The van der Waals surface area contributed by atoms with E-state index in [0.717, 1.165) is 0 Å². The number of nitrogens with two attached hydrogens (primary N) is 1. The van der Waals surface area contributed by atoms with E-state index in [-0.39, 0.29) is 24.8 Å². The minimum atomic E-state index is -0.268. The van der Waals surface area contributed by atoms with Gasteiger partial charge in [0.2, 0.25) is 0 Å². The number of ether oxygens (including phenoxy) is 1. The average molecular weight is 272 g/mol. The van der Waals surface area contributed by atoms with Gasteiger partial charge >= 0.3 is 0 Å². The van der Waals surface area contributed by atoms with Crippen LogP contribution in [0.15, 0.2) is 48.5 Å². The van der Waals surface area contributed by atoms with Crippen LogP contribution in [0.4, 0.5) is 5.69 Å². The third kappa shape index (κ3) is 3.91. The molecule has 4 N–H and O–H groups in total. The number of para-hydroxylation sites is 1. The Labute approximate surface area is 117 Å². The van der Waals surface area contributed by atoms with Crippen LogP contribution in [0.25, 0.3) is 0 Å². The summed E-state index contributed by atoms with van der Waals surface area (Å²) in [7, 11) is 0. The third-order valence-electron chi connectivity index (χ3n) is 2.69. The van der Waals surface area contributed by atoms with Gasteiger partial charge in [0.1, 0.15) is 11.5 Å². The number of phenols is 1. The first kappa shape index (κ1) is 13.7. The first-order chi connectivity index (χ1) is 9.65. The van der Waals surface area contributed by atoms with Crippen molar-refractivity contribution in [2.75, 3.05) is 12.3 Å². The highest BCUT2D eigenvalue weighted by Crippen LogP contribution is 2.19. The maximum atomic E-state index is 11.6. The zero-order valence-corrected chi connectivity index (χ0v) is 10.9. The molecule has 0 spiro atoms. The summed E-state index contributed by atoms with van der Waals surface area (Å²) in [6, 6.07) is 13.8. The Kier molecular flexibility index (Phi) is 4.44. The lowest BCUT2D eigenvalue weighted by molar-refractivity contribution is -0.123. The zero-order chi connectivity index (χ0) is 14.4. The lowest BCUT2D eigenvalue weighted by atomic mass is 10.2. The largest absolute Gasteiger partial charge is 0.508 e. The fraction of sp³-hybridized carbons (Fsp3) is 0.133. The summed E-state index contributed by atoms with van der Waals surface area (Å²) in [6.45, 7) is 0.126. The summed E-state index contributed by atoms with van der Waals surface area (Å²) in [5.74, 6) is 0.466. The standard InChI is InChI=1S/C15H16N2O3/c16-12-6-7-14(18)11(8-12)9-17-15(19)10-20-13-4-2-1-3-5-13/h1-8,18H,9-10,16H2,(H,17,19). The second-order valence-corrected chi connectivity index (χ2v) is 4.27. The van der Waals surface area contributed by atoms with Crippen LogP contribution >= 0.6 is 0 Å². The van der Waals surface area contributed by atoms with E-state index in [4.69, 9.17) is 10.5 Å². The summed E-state index contributed by atoms with van der Waals surface area (Å²) in [4.78, 5) is 11.6. The molecule has 0 saturated heterocycles. The molecular weight excluding hydrogens is 256 g/mol. The van der Waals surface area contributed by atoms with E-state index < -0.39 is 0 Å². The maximum absolute atomic E-state index is 11.6. The number of hydrogen-bond donors (Lipinski definition) is 3. The minimum Gasteiger partial charge on any atom is -0.508 e. The van der Waals surface area contributed by atoms with E-state index in [1.165, 1.54) is 6.07 Å². The summed E-state index contributed by atoms with van der Waals surface area (Å²) in [6.07, 6.45) is 0. The molecule has 0 unspecified atom stereocenters. The summed E-state index contributed by atoms with van der Waals surface area (Å²) in [5.41, 5.74) is 6.72. The van der Waals surface area contributed by atoms with Crippen LogP contribution in [-0.2, 0) is 11.3 Å². The smallest absolute Gasteiger partial charge is 0.258 e. The number of nitrogen functional groups attached to an aromatic ring is 1. The van der Waals surface area contributed by atoms with Gasteiger partial charge in [0.15, 0.2) is 6.61 Å². The SMILES string of the molecule is Nc1ccc(O)c(CNC(=O)COc2ccccc2)c1. The van der Waals surface area contributed by atoms with Crippen LogP contribution in [-0.4, -0.2) is 17.6 Å². The molecule has 0 radical (unpaired) electrons. The van der Waals surface area contributed by atoms with Crippen LogP contribution in [0.3, 0.4) is 0 Å². The second-order valence-electron chi connectivity index (χ2n) is 4.27. The molecule has 2 aromatic rings. The lowest BCUT2D eigenvalue weighted by Gasteiger charge is -2.09. The first-order valence-electron chi connectivity index (χ1n) is 6.17. The van der Waals surface area contributed by atoms with Crippen LogP contribution in [0, 0.1) is 0 Å². The Morgan fingerprint density at radius 2 is 1.95 bits per heavy atom. The fourth-order valence-electron chi connectivity index (χ4n) is 1.66. The van der Waals surface area contributed by atoms with Gasteiger partial charge in [0.05, 0.1) is 0 Å². The molecule has 0 aliphatic rings. The van der Waals surface area contributed by atoms with Crippen molar-refractivity contribution in [3.63, 3.8) is 0 Å². The van der Waals surface area contributed by atoms with E-state index in [1.54, 1.807) is 24.3 Å². The Morgan fingerprint density at radius 3 is 2.70 bits per heavy atom. The van der Waals surface area contributed by atoms with Crippen molar-refractivity contribution in [2.45, 2.75) is 6.54 Å². The van der Waals surface area contributed by atoms with Crippen molar-refractivity contribution in [3.8, 4) is 11.5 Å². The highest BCUT2D eigenvalue weighted by molar-refractivity contribution is 5.77. The van der Waals surface area contributed by atoms with Gasteiger partial charge in [-0.2, -0.15) is 0 Å². The molecule has 0 aliphatic carbocycles. The van der Waals surface area contributed by atoms with E-state index in [9.17, 15) is 9.90 Å². The molecule has 5 nitrogen and oxygen atoms in total. The fourth-order valence-corrected chi connectivity index (χ4v) is 1.66. The topological polar surface area (TPSA) is 84.6 Å². The van der Waals surface area contributed by atoms with E-state index in [2.05, 4.69) is 5.32 Å². The minimum absolute atomic E-state index is 0.0763. The number of phenolic OH excluding ortho intramolecular Hbond substituents is 1. The van der Waals surface area contributed by atoms with Crippen molar-refractivity contribution in [1.82, 2.24) is 5.32 Å². The summed E-state index contributed by atoms with van der Waals surface area (Å²) < 4.78 is 5.31. The van der Waals surface area contributed by atoms with Crippen molar-refractivity contribution in [2.24, 2.45) is 0 Å². The maximum Gasteiger partial charge on any atom is 0.258 e. The zero-order valence-electron chi connectivity index (χ0n) is 10.9. The van der Waals surface area contributed by atoms with Crippen LogP contribution < -0.4 is 15.8 Å². The quantitative estimate of drug-likeness (QED) is 0.571. The summed E-state index contributed by atoms with van der Waals surface area (Å²) in [5, 5.41) is 12.3. The Hall–Kier alpha value is -2.69. The number of nitrogens with one attached hydrogen (secondary N) is 1. The lowest BCUT2D eigenvalue weighted by Crippen LogP contribution is -2.28. The average Bonchev–Trinajstić information content (AvgIpc) is 2.47. The highest BCUT2D eigenvalue weighted by Gasteiger charge is 2.06. The monoisotopic (exact) mass is 272 g/mol. The van der Waals surface area contributed by atoms with Crippen molar-refractivity contribution in [3.05, 3.63) is 54.1 Å². The van der Waals surface area contributed by atoms with Gasteiger partial charge in [-0.25, -0.2) is 0 Å². The van der Waals surface area contributed by atoms with Crippen LogP contribution in [0.5, 0.6) is 11.5 Å². The van der Waals surface area contributed by atoms with Crippen molar-refractivity contribution in [1.29, 1.82) is 0 Å². The number of rotatable bonds is 5. The molecule has 0 saturated carbocycles. The van der Waals surface area contributed by atoms with Gasteiger partial charge in [-0.3, -0.25) is 4.79 Å². The van der Waals surface area contributed by atoms with Gasteiger partial charge in [-0.05, 0) is 30.3 Å². The van der Waals surface area contributed by atoms with Crippen molar-refractivity contribution >= 4 is 11.6 Å². The first-order valence-corrected chi connectivity index (χ1v) is 6.17. The van der Waals surface area contributed by atoms with Gasteiger partial charge in [0, 0.05) is 17.8 Å². The summed E-state index contributed by atoms with van der Waals surface area (Å²) >= 11 is 0. The Morgan fingerprint density at radius 1 is 1.20 bits per heavy atom. The normalized spacial score (nSPS) is 10.0. The number of anilines is 1. The van der Waals surface area contributed by atoms with Gasteiger partial charge in [-0.15, -0.1) is 0 Å². The number of aromatic hydroxyl groups is 1. The molecule has 20 heavy (non-hydrogen) atoms. The molecule has 0 fully saturated rings. The van der Waals surface area contributed by atoms with E-state index >= 15 is 0 Å². The number of carbonyl (C=O) groups excluding carboxylic acids is 1. The number of amides is 1. The van der Waals surface area contributed by atoms with Crippen LogP contribution in [0.2, 0.25) is 0 Å². The van der Waals surface area contributed by atoms with Gasteiger partial charge < -0.3 is 20.9 Å². The molecule has 1 amide bonds. The van der Waals surface area contributed by atoms with E-state index in [0.29, 0.717) is 17.0 Å². The second kappa shape index (κ2) is 6.47. The molecular formula is C15H16N2O3. The highest BCUT2D eigenvalue weighted by atomic mass is 16.5. The van der Waals surface area contributed by atoms with Gasteiger partial charge in [0.25, 0.3) is 5.91 Å². The van der Waals surface area contributed by atoms with Crippen LogP contribution in [0.1, 0.15) is 5.56 Å². The van der Waals surface area contributed by atoms with Crippen molar-refractivity contribution < 1.29 is 14.6 Å². The number of carbonyl (C=O) groups is 1. The predicted octanol–water partition coefficient (Wildman–Crippen LogP) is 1.67. The molecule has 104 valence electrons. The molecule has 2 rings (SSSR count). The molecule has 0 heterocycles. The van der Waals surface area contributed by atoms with Gasteiger partial charge in [-0.1, -0.05) is 18.2 Å². The predicted molar refractivity (Wildman–Crippen MR) is 76.3 cm³/mol. The molecule has 0 aromatic heterocycles. The molecule has 0 bridgehead atoms. The van der Waals surface area contributed by atoms with E-state index in [1.807, 2.05) is 18.2 Å². The Bertz CT molecular complexity index is 585. The number of hydrogen-bond acceptors (Lipinski definition) is 4. The Balaban J connectivity index is 1.82. The molecule has 0 atom stereocenters. The molecule has 0 aliphatic heterocycles. The third-order valence-corrected chi connectivity index (χ3v) is 2.69.